The molecule has 1 saturated heterocycles. The molecular weight excluding hydrogens is 457 g/mol. The van der Waals surface area contributed by atoms with Gasteiger partial charge in [0.05, 0.1) is 20.3 Å². The Kier molecular flexibility index (Phi) is 9.04. The molecule has 1 fully saturated rings. The first-order valence-electron chi connectivity index (χ1n) is 10.9. The number of amides is 1. The molecule has 1 heterocycles. The van der Waals surface area contributed by atoms with E-state index in [1.165, 1.54) is 0 Å². The van der Waals surface area contributed by atoms with Gasteiger partial charge in [-0.1, -0.05) is 60.5 Å². The Bertz CT molecular complexity index is 1040. The predicted octanol–water partition coefficient (Wildman–Crippen LogP) is 7.20. The fourth-order valence-corrected chi connectivity index (χ4v) is 4.20. The number of benzene rings is 3. The van der Waals surface area contributed by atoms with Crippen LogP contribution >= 0.6 is 23.2 Å². The second-order valence-electron chi connectivity index (χ2n) is 7.99. The van der Waals surface area contributed by atoms with Gasteiger partial charge in [0.2, 0.25) is 5.91 Å². The van der Waals surface area contributed by atoms with E-state index in [4.69, 9.17) is 32.7 Å². The zero-order chi connectivity index (χ0) is 23.8. The van der Waals surface area contributed by atoms with E-state index >= 15 is 0 Å². The second kappa shape index (κ2) is 12.0. The van der Waals surface area contributed by atoms with E-state index in [9.17, 15) is 4.79 Å². The highest BCUT2D eigenvalue weighted by atomic mass is 35.5. The summed E-state index contributed by atoms with van der Waals surface area (Å²) in [5.74, 6) is 1.67. The lowest BCUT2D eigenvalue weighted by Crippen LogP contribution is -2.42. The third-order valence-electron chi connectivity index (χ3n) is 5.78. The van der Waals surface area contributed by atoms with Crippen LogP contribution in [0.1, 0.15) is 36.9 Å². The van der Waals surface area contributed by atoms with E-state index in [0.717, 1.165) is 40.5 Å². The molecule has 4 nitrogen and oxygen atoms in total. The molecule has 0 aliphatic carbocycles. The summed E-state index contributed by atoms with van der Waals surface area (Å²) in [5.41, 5.74) is 2.08. The van der Waals surface area contributed by atoms with E-state index in [1.807, 2.05) is 84.6 Å². The summed E-state index contributed by atoms with van der Waals surface area (Å²) in [6.45, 7) is 2.50. The van der Waals surface area contributed by atoms with Gasteiger partial charge in [-0.05, 0) is 54.8 Å². The number of hydrogen-bond acceptors (Lipinski definition) is 3. The number of piperidine rings is 1. The quantitative estimate of drug-likeness (QED) is 0.383. The van der Waals surface area contributed by atoms with Crippen LogP contribution in [0, 0.1) is 5.92 Å². The van der Waals surface area contributed by atoms with Crippen molar-refractivity contribution in [2.75, 3.05) is 14.2 Å². The van der Waals surface area contributed by atoms with Crippen molar-refractivity contribution in [1.29, 1.82) is 0 Å². The number of nitrogens with zero attached hydrogens (tertiary/aromatic N) is 1. The maximum Gasteiger partial charge on any atom is 0.226 e. The highest BCUT2D eigenvalue weighted by Crippen LogP contribution is 2.37. The zero-order valence-electron chi connectivity index (χ0n) is 19.1. The normalized spacial score (nSPS) is 17.7. The lowest BCUT2D eigenvalue weighted by atomic mass is 9.89. The Morgan fingerprint density at radius 3 is 2.12 bits per heavy atom. The molecule has 1 amide bonds. The molecule has 0 N–H and O–H groups in total. The van der Waals surface area contributed by atoms with Gasteiger partial charge in [-0.15, -0.1) is 0 Å². The lowest BCUT2D eigenvalue weighted by molar-refractivity contribution is -0.142. The molecule has 0 aromatic heterocycles. The second-order valence-corrected chi connectivity index (χ2v) is 8.86. The minimum Gasteiger partial charge on any atom is -0.497 e. The monoisotopic (exact) mass is 485 g/mol. The Balaban J connectivity index is 0.000000374. The third kappa shape index (κ3) is 6.66. The number of methoxy groups -OCH3 is 2. The molecule has 1 aliphatic heterocycles. The highest BCUT2D eigenvalue weighted by Gasteiger charge is 2.34. The topological polar surface area (TPSA) is 38.8 Å². The average Bonchev–Trinajstić information content (AvgIpc) is 2.84. The van der Waals surface area contributed by atoms with Crippen LogP contribution in [0.25, 0.3) is 0 Å². The first-order chi connectivity index (χ1) is 15.9. The summed E-state index contributed by atoms with van der Waals surface area (Å²) >= 11 is 11.6. The Labute approximate surface area is 206 Å². The Morgan fingerprint density at radius 2 is 1.55 bits per heavy atom. The van der Waals surface area contributed by atoms with Gasteiger partial charge in [-0.2, -0.15) is 0 Å². The molecule has 2 unspecified atom stereocenters. The van der Waals surface area contributed by atoms with Crippen LogP contribution in [0.5, 0.6) is 11.5 Å². The van der Waals surface area contributed by atoms with Crippen LogP contribution in [-0.4, -0.2) is 25.0 Å². The van der Waals surface area contributed by atoms with Gasteiger partial charge in [0.1, 0.15) is 11.5 Å². The molecule has 174 valence electrons. The molecule has 2 atom stereocenters. The summed E-state index contributed by atoms with van der Waals surface area (Å²) < 4.78 is 10.8. The molecule has 3 aromatic carbocycles. The average molecular weight is 486 g/mol. The number of carbonyl (C=O) groups is 1. The van der Waals surface area contributed by atoms with Crippen molar-refractivity contribution in [3.8, 4) is 11.5 Å². The number of carbonyl (C=O) groups excluding carboxylic acids is 1. The van der Waals surface area contributed by atoms with Crippen LogP contribution < -0.4 is 9.47 Å². The fourth-order valence-electron chi connectivity index (χ4n) is 3.92. The minimum atomic E-state index is 0.0304. The molecule has 0 bridgehead atoms. The van der Waals surface area contributed by atoms with Crippen LogP contribution in [0.2, 0.25) is 10.0 Å². The van der Waals surface area contributed by atoms with Crippen LogP contribution in [0.3, 0.4) is 0 Å². The Morgan fingerprint density at radius 1 is 0.879 bits per heavy atom. The highest BCUT2D eigenvalue weighted by molar-refractivity contribution is 6.30. The van der Waals surface area contributed by atoms with Gasteiger partial charge in [0, 0.05) is 34.1 Å². The van der Waals surface area contributed by atoms with E-state index in [-0.39, 0.29) is 17.9 Å². The molecule has 0 spiro atoms. The van der Waals surface area contributed by atoms with Crippen LogP contribution in [0.4, 0.5) is 0 Å². The largest absolute Gasteiger partial charge is 0.497 e. The third-order valence-corrected chi connectivity index (χ3v) is 6.28. The minimum absolute atomic E-state index is 0.0304. The van der Waals surface area contributed by atoms with Gasteiger partial charge in [-0.25, -0.2) is 0 Å². The van der Waals surface area contributed by atoms with Crippen molar-refractivity contribution in [1.82, 2.24) is 4.90 Å². The predicted molar refractivity (Wildman–Crippen MR) is 134 cm³/mol. The molecule has 0 saturated carbocycles. The molecule has 0 radical (unpaired) electrons. The molecule has 1 aliphatic rings. The summed E-state index contributed by atoms with van der Waals surface area (Å²) in [6.07, 6.45) is 1.83. The van der Waals surface area contributed by atoms with Crippen LogP contribution in [-0.2, 0) is 11.3 Å². The van der Waals surface area contributed by atoms with E-state index < -0.39 is 0 Å². The molecule has 6 heteroatoms. The van der Waals surface area contributed by atoms with Crippen LogP contribution in [0.15, 0.2) is 72.8 Å². The van der Waals surface area contributed by atoms with Gasteiger partial charge in [0.25, 0.3) is 0 Å². The van der Waals surface area contributed by atoms with Gasteiger partial charge in [0.15, 0.2) is 0 Å². The van der Waals surface area contributed by atoms with Gasteiger partial charge in [-0.3, -0.25) is 4.79 Å². The SMILES string of the molecule is COc1ccc(CN2C(=O)C(C)CCC2c2ccc(Cl)cc2)c(OC)c1.Clc1ccccc1. The zero-order valence-corrected chi connectivity index (χ0v) is 20.6. The first kappa shape index (κ1) is 24.9. The standard InChI is InChI=1S/C21H24ClNO3.C6H5Cl/c1-14-4-11-19(15-5-8-17(22)9-6-15)23(21(14)24)13-16-7-10-18(25-2)12-20(16)26-3;7-6-4-2-1-3-5-6/h5-10,12,14,19H,4,11,13H2,1-3H3;1-5H. The summed E-state index contributed by atoms with van der Waals surface area (Å²) in [5, 5.41) is 1.50. The number of ether oxygens (including phenoxy) is 2. The van der Waals surface area contributed by atoms with E-state index in [1.54, 1.807) is 14.2 Å². The first-order valence-corrected chi connectivity index (χ1v) is 11.7. The number of rotatable bonds is 5. The summed E-state index contributed by atoms with van der Waals surface area (Å²) in [4.78, 5) is 14.9. The van der Waals surface area contributed by atoms with Crippen molar-refractivity contribution >= 4 is 29.1 Å². The molecule has 4 rings (SSSR count). The summed E-state index contributed by atoms with van der Waals surface area (Å²) in [6, 6.07) is 23.0. The van der Waals surface area contributed by atoms with E-state index in [2.05, 4.69) is 0 Å². The molecule has 3 aromatic rings. The van der Waals surface area contributed by atoms with Gasteiger partial charge >= 0.3 is 0 Å². The maximum absolute atomic E-state index is 12.9. The number of hydrogen-bond donors (Lipinski definition) is 0. The number of halogens is 2. The van der Waals surface area contributed by atoms with Crippen molar-refractivity contribution < 1.29 is 14.3 Å². The maximum atomic E-state index is 12.9. The summed E-state index contributed by atoms with van der Waals surface area (Å²) in [7, 11) is 3.26. The number of likely N-dealkylation sites (tertiary alicyclic amines) is 1. The fraction of sp³-hybridized carbons (Fsp3) is 0.296. The van der Waals surface area contributed by atoms with Crippen molar-refractivity contribution in [2.45, 2.75) is 32.4 Å². The van der Waals surface area contributed by atoms with Crippen molar-refractivity contribution in [3.05, 3.63) is 94.0 Å². The van der Waals surface area contributed by atoms with Crippen molar-refractivity contribution in [2.24, 2.45) is 5.92 Å². The Hall–Kier alpha value is -2.69. The smallest absolute Gasteiger partial charge is 0.226 e. The van der Waals surface area contributed by atoms with E-state index in [0.29, 0.717) is 11.6 Å². The van der Waals surface area contributed by atoms with Crippen molar-refractivity contribution in [3.63, 3.8) is 0 Å². The molecular formula is C27H29Cl2NO3. The lowest BCUT2D eigenvalue weighted by Gasteiger charge is -2.39. The van der Waals surface area contributed by atoms with Gasteiger partial charge < -0.3 is 14.4 Å². The molecule has 33 heavy (non-hydrogen) atoms.